The van der Waals surface area contributed by atoms with Gasteiger partial charge in [-0.3, -0.25) is 0 Å². The van der Waals surface area contributed by atoms with E-state index in [4.69, 9.17) is 5.73 Å². The smallest absolute Gasteiger partial charge is 0.0215 e. The Morgan fingerprint density at radius 2 is 1.69 bits per heavy atom. The van der Waals surface area contributed by atoms with Crippen molar-refractivity contribution in [2.24, 2.45) is 5.73 Å². The molecule has 0 aliphatic rings. The van der Waals surface area contributed by atoms with Crippen molar-refractivity contribution in [1.29, 1.82) is 0 Å². The molecule has 0 aromatic heterocycles. The maximum atomic E-state index is 5.88. The Balaban J connectivity index is 2.26. The van der Waals surface area contributed by atoms with Crippen LogP contribution in [0.25, 0.3) is 10.8 Å². The number of rotatable bonds is 3. The van der Waals surface area contributed by atoms with Crippen LogP contribution in [-0.4, -0.2) is 11.3 Å². The molecule has 0 spiro atoms. The maximum Gasteiger partial charge on any atom is 0.0215 e. The molecule has 2 rings (SSSR count). The second-order valence-electron chi connectivity index (χ2n) is 4.19. The zero-order valence-corrected chi connectivity index (χ0v) is 10.5. The SMILES string of the molecule is CC(N)C(C)Sc1ccc2ccccc2c1. The van der Waals surface area contributed by atoms with Gasteiger partial charge in [0.25, 0.3) is 0 Å². The third kappa shape index (κ3) is 2.57. The molecule has 2 aromatic carbocycles. The summed E-state index contributed by atoms with van der Waals surface area (Å²) in [4.78, 5) is 1.29. The monoisotopic (exact) mass is 231 g/mol. The van der Waals surface area contributed by atoms with Gasteiger partial charge < -0.3 is 5.73 Å². The Hall–Kier alpha value is -0.990. The summed E-state index contributed by atoms with van der Waals surface area (Å²) in [5.41, 5.74) is 5.88. The fourth-order valence-corrected chi connectivity index (χ4v) is 2.55. The minimum Gasteiger partial charge on any atom is -0.327 e. The number of thioether (sulfide) groups is 1. The Morgan fingerprint density at radius 3 is 2.38 bits per heavy atom. The molecule has 0 aliphatic heterocycles. The van der Waals surface area contributed by atoms with Crippen LogP contribution in [0.3, 0.4) is 0 Å². The minimum atomic E-state index is 0.219. The van der Waals surface area contributed by atoms with E-state index in [-0.39, 0.29) is 6.04 Å². The third-order valence-electron chi connectivity index (χ3n) is 2.78. The molecular weight excluding hydrogens is 214 g/mol. The zero-order chi connectivity index (χ0) is 11.5. The highest BCUT2D eigenvalue weighted by Crippen LogP contribution is 2.27. The molecule has 0 saturated carbocycles. The van der Waals surface area contributed by atoms with Gasteiger partial charge in [-0.15, -0.1) is 11.8 Å². The first-order chi connectivity index (χ1) is 7.66. The second kappa shape index (κ2) is 4.89. The molecule has 0 bridgehead atoms. The molecule has 2 heteroatoms. The van der Waals surface area contributed by atoms with Crippen molar-refractivity contribution in [2.75, 3.05) is 0 Å². The van der Waals surface area contributed by atoms with E-state index in [0.29, 0.717) is 5.25 Å². The molecule has 0 heterocycles. The van der Waals surface area contributed by atoms with E-state index >= 15 is 0 Å². The largest absolute Gasteiger partial charge is 0.327 e. The summed E-state index contributed by atoms with van der Waals surface area (Å²) in [7, 11) is 0. The first-order valence-corrected chi connectivity index (χ1v) is 6.46. The van der Waals surface area contributed by atoms with Crippen molar-refractivity contribution in [3.8, 4) is 0 Å². The molecule has 2 N–H and O–H groups in total. The fourth-order valence-electron chi connectivity index (χ4n) is 1.56. The molecule has 1 nitrogen and oxygen atoms in total. The highest BCUT2D eigenvalue weighted by atomic mass is 32.2. The molecule has 2 aromatic rings. The van der Waals surface area contributed by atoms with Gasteiger partial charge in [-0.1, -0.05) is 37.3 Å². The number of hydrogen-bond donors (Lipinski definition) is 1. The van der Waals surface area contributed by atoms with E-state index < -0.39 is 0 Å². The normalized spacial score (nSPS) is 14.9. The summed E-state index contributed by atoms with van der Waals surface area (Å²) in [6.45, 7) is 4.23. The molecule has 0 fully saturated rings. The molecular formula is C14H17NS. The summed E-state index contributed by atoms with van der Waals surface area (Å²) >= 11 is 1.84. The van der Waals surface area contributed by atoms with Crippen LogP contribution in [0.4, 0.5) is 0 Å². The Morgan fingerprint density at radius 1 is 1.00 bits per heavy atom. The Bertz CT molecular complexity index is 479. The average Bonchev–Trinajstić information content (AvgIpc) is 2.28. The predicted molar refractivity (Wildman–Crippen MR) is 72.9 cm³/mol. The van der Waals surface area contributed by atoms with Crippen LogP contribution in [0.5, 0.6) is 0 Å². The van der Waals surface area contributed by atoms with E-state index in [1.807, 2.05) is 11.8 Å². The van der Waals surface area contributed by atoms with E-state index in [1.165, 1.54) is 15.7 Å². The summed E-state index contributed by atoms with van der Waals surface area (Å²) in [6.07, 6.45) is 0. The lowest BCUT2D eigenvalue weighted by Crippen LogP contribution is -2.26. The first-order valence-electron chi connectivity index (χ1n) is 5.58. The quantitative estimate of drug-likeness (QED) is 0.816. The van der Waals surface area contributed by atoms with Crippen molar-refractivity contribution in [2.45, 2.75) is 30.0 Å². The predicted octanol–water partition coefficient (Wildman–Crippen LogP) is 3.67. The lowest BCUT2D eigenvalue weighted by molar-refractivity contribution is 0.731. The van der Waals surface area contributed by atoms with Crippen molar-refractivity contribution in [1.82, 2.24) is 0 Å². The molecule has 2 atom stereocenters. The van der Waals surface area contributed by atoms with Gasteiger partial charge in [0.1, 0.15) is 0 Å². The Labute approximate surface area is 101 Å². The molecule has 0 saturated heterocycles. The van der Waals surface area contributed by atoms with Gasteiger partial charge in [-0.25, -0.2) is 0 Å². The van der Waals surface area contributed by atoms with Gasteiger partial charge in [-0.05, 0) is 29.8 Å². The van der Waals surface area contributed by atoms with E-state index in [1.54, 1.807) is 0 Å². The van der Waals surface area contributed by atoms with Crippen molar-refractivity contribution in [3.05, 3.63) is 42.5 Å². The van der Waals surface area contributed by atoms with Crippen molar-refractivity contribution in [3.63, 3.8) is 0 Å². The first kappa shape index (κ1) is 11.5. The molecule has 0 amide bonds. The van der Waals surface area contributed by atoms with E-state index in [0.717, 1.165) is 0 Å². The maximum absolute atomic E-state index is 5.88. The van der Waals surface area contributed by atoms with Crippen LogP contribution in [0.1, 0.15) is 13.8 Å². The molecule has 16 heavy (non-hydrogen) atoms. The summed E-state index contributed by atoms with van der Waals surface area (Å²) in [5, 5.41) is 3.03. The lowest BCUT2D eigenvalue weighted by atomic mass is 10.1. The summed E-state index contributed by atoms with van der Waals surface area (Å²) < 4.78 is 0. The van der Waals surface area contributed by atoms with E-state index in [2.05, 4.69) is 56.3 Å². The Kier molecular flexibility index (Phi) is 3.52. The minimum absolute atomic E-state index is 0.219. The van der Waals surface area contributed by atoms with Crippen LogP contribution in [0.15, 0.2) is 47.4 Å². The number of fused-ring (bicyclic) bond motifs is 1. The van der Waals surface area contributed by atoms with Crippen molar-refractivity contribution >= 4 is 22.5 Å². The van der Waals surface area contributed by atoms with Crippen molar-refractivity contribution < 1.29 is 0 Å². The number of benzene rings is 2. The van der Waals surface area contributed by atoms with Crippen LogP contribution in [-0.2, 0) is 0 Å². The summed E-state index contributed by atoms with van der Waals surface area (Å²) in [6, 6.07) is 15.2. The number of nitrogens with two attached hydrogens (primary N) is 1. The second-order valence-corrected chi connectivity index (χ2v) is 5.64. The van der Waals surface area contributed by atoms with Gasteiger partial charge in [0.15, 0.2) is 0 Å². The molecule has 2 unspecified atom stereocenters. The topological polar surface area (TPSA) is 26.0 Å². The van der Waals surface area contributed by atoms with Crippen LogP contribution < -0.4 is 5.73 Å². The number of hydrogen-bond acceptors (Lipinski definition) is 2. The molecule has 84 valence electrons. The fraction of sp³-hybridized carbons (Fsp3) is 0.286. The van der Waals surface area contributed by atoms with Gasteiger partial charge in [-0.2, -0.15) is 0 Å². The van der Waals surface area contributed by atoms with Crippen LogP contribution in [0, 0.1) is 0 Å². The van der Waals surface area contributed by atoms with E-state index in [9.17, 15) is 0 Å². The summed E-state index contributed by atoms with van der Waals surface area (Å²) in [5.74, 6) is 0. The zero-order valence-electron chi connectivity index (χ0n) is 9.68. The van der Waals surface area contributed by atoms with Crippen LogP contribution >= 0.6 is 11.8 Å². The van der Waals surface area contributed by atoms with Crippen LogP contribution in [0.2, 0.25) is 0 Å². The van der Waals surface area contributed by atoms with Gasteiger partial charge in [0, 0.05) is 16.2 Å². The molecule has 0 aliphatic carbocycles. The van der Waals surface area contributed by atoms with Gasteiger partial charge >= 0.3 is 0 Å². The lowest BCUT2D eigenvalue weighted by Gasteiger charge is -2.15. The highest BCUT2D eigenvalue weighted by Gasteiger charge is 2.09. The third-order valence-corrected chi connectivity index (χ3v) is 4.11. The standard InChI is InChI=1S/C14H17NS/c1-10(15)11(2)16-14-8-7-12-5-3-4-6-13(12)9-14/h3-11H,15H2,1-2H3. The van der Waals surface area contributed by atoms with Gasteiger partial charge in [0.2, 0.25) is 0 Å². The highest BCUT2D eigenvalue weighted by molar-refractivity contribution is 8.00. The molecule has 0 radical (unpaired) electrons. The van der Waals surface area contributed by atoms with Gasteiger partial charge in [0.05, 0.1) is 0 Å². The average molecular weight is 231 g/mol.